The van der Waals surface area contributed by atoms with Gasteiger partial charge in [-0.25, -0.2) is 9.59 Å². The molecule has 0 bridgehead atoms. The highest BCUT2D eigenvalue weighted by molar-refractivity contribution is 6.29. The average Bonchev–Trinajstić information content (AvgIpc) is 2.54. The van der Waals surface area contributed by atoms with Gasteiger partial charge >= 0.3 is 11.9 Å². The summed E-state index contributed by atoms with van der Waals surface area (Å²) >= 11 is 0. The minimum atomic E-state index is -0.817. The van der Waals surface area contributed by atoms with Crippen LogP contribution in [0.15, 0.2) is 0 Å². The summed E-state index contributed by atoms with van der Waals surface area (Å²) in [6.07, 6.45) is 7.47. The zero-order valence-electron chi connectivity index (χ0n) is 17.6. The molecule has 0 aliphatic heterocycles. The van der Waals surface area contributed by atoms with Crippen molar-refractivity contribution in [2.24, 2.45) is 23.7 Å². The molecule has 0 atom stereocenters. The van der Waals surface area contributed by atoms with E-state index >= 15 is 0 Å². The van der Waals surface area contributed by atoms with Crippen molar-refractivity contribution in [2.45, 2.75) is 104 Å². The van der Waals surface area contributed by atoms with Crippen LogP contribution in [0.3, 0.4) is 0 Å². The van der Waals surface area contributed by atoms with Crippen LogP contribution in [0.2, 0.25) is 0 Å². The largest absolute Gasteiger partial charge is 0.451 e. The molecule has 4 heteroatoms. The van der Waals surface area contributed by atoms with E-state index in [2.05, 4.69) is 27.7 Å². The van der Waals surface area contributed by atoms with Gasteiger partial charge in [0.1, 0.15) is 11.2 Å². The molecule has 0 unspecified atom stereocenters. The molecule has 0 aromatic heterocycles. The van der Waals surface area contributed by atoms with Crippen molar-refractivity contribution in [3.63, 3.8) is 0 Å². The lowest BCUT2D eigenvalue weighted by atomic mass is 9.75. The van der Waals surface area contributed by atoms with E-state index in [4.69, 9.17) is 9.47 Å². The summed E-state index contributed by atoms with van der Waals surface area (Å²) in [6, 6.07) is 0. The summed E-state index contributed by atoms with van der Waals surface area (Å²) in [7, 11) is 0. The highest BCUT2D eigenvalue weighted by atomic mass is 16.6. The standard InChI is InChI=1S/C22H38O4/c1-15(2)17-7-11-21(5,12-8-17)25-19(23)20(24)26-22(6)13-9-18(10-14-22)16(3)4/h15-18H,7-14H2,1-6H3. The number of esters is 2. The Morgan fingerprint density at radius 1 is 0.692 bits per heavy atom. The number of carbonyl (C=O) groups is 2. The molecule has 2 aliphatic rings. The fourth-order valence-corrected chi connectivity index (χ4v) is 4.57. The normalized spacial score (nSPS) is 35.4. The van der Waals surface area contributed by atoms with Crippen molar-refractivity contribution < 1.29 is 19.1 Å². The Kier molecular flexibility index (Phi) is 6.79. The van der Waals surface area contributed by atoms with Gasteiger partial charge in [-0.15, -0.1) is 0 Å². The van der Waals surface area contributed by atoms with Gasteiger partial charge < -0.3 is 9.47 Å². The van der Waals surface area contributed by atoms with E-state index in [0.29, 0.717) is 23.7 Å². The molecule has 0 N–H and O–H groups in total. The van der Waals surface area contributed by atoms with Crippen molar-refractivity contribution in [3.8, 4) is 0 Å². The van der Waals surface area contributed by atoms with E-state index in [0.717, 1.165) is 51.4 Å². The molecule has 2 rings (SSSR count). The summed E-state index contributed by atoms with van der Waals surface area (Å²) in [4.78, 5) is 24.6. The molecular formula is C22H38O4. The maximum absolute atomic E-state index is 12.3. The molecule has 150 valence electrons. The minimum absolute atomic E-state index is 0.530. The molecular weight excluding hydrogens is 328 g/mol. The molecule has 0 heterocycles. The monoisotopic (exact) mass is 366 g/mol. The van der Waals surface area contributed by atoms with Crippen LogP contribution in [0, 0.1) is 23.7 Å². The summed E-state index contributed by atoms with van der Waals surface area (Å²) < 4.78 is 11.2. The minimum Gasteiger partial charge on any atom is -0.451 e. The lowest BCUT2D eigenvalue weighted by molar-refractivity contribution is -0.188. The second kappa shape index (κ2) is 8.31. The Labute approximate surface area is 159 Å². The molecule has 0 spiro atoms. The molecule has 4 nitrogen and oxygen atoms in total. The van der Waals surface area contributed by atoms with Crippen LogP contribution in [0.1, 0.15) is 92.9 Å². The smallest absolute Gasteiger partial charge is 0.418 e. The van der Waals surface area contributed by atoms with Gasteiger partial charge in [-0.3, -0.25) is 0 Å². The number of hydrogen-bond acceptors (Lipinski definition) is 4. The molecule has 0 aromatic carbocycles. The molecule has 0 saturated heterocycles. The Morgan fingerprint density at radius 3 is 1.19 bits per heavy atom. The van der Waals surface area contributed by atoms with Crippen molar-refractivity contribution in [1.29, 1.82) is 0 Å². The van der Waals surface area contributed by atoms with Crippen molar-refractivity contribution >= 4 is 11.9 Å². The topological polar surface area (TPSA) is 52.6 Å². The molecule has 2 saturated carbocycles. The maximum Gasteiger partial charge on any atom is 0.418 e. The zero-order valence-corrected chi connectivity index (χ0v) is 17.6. The van der Waals surface area contributed by atoms with E-state index in [1.807, 2.05) is 13.8 Å². The number of rotatable bonds is 4. The van der Waals surface area contributed by atoms with Crippen molar-refractivity contribution in [2.75, 3.05) is 0 Å². The first kappa shape index (κ1) is 21.2. The Hall–Kier alpha value is -1.06. The Balaban J connectivity index is 1.83. The quantitative estimate of drug-likeness (QED) is 0.501. The summed E-state index contributed by atoms with van der Waals surface area (Å²) in [5.74, 6) is 1.04. The first-order valence-electron chi connectivity index (χ1n) is 10.5. The second-order valence-electron chi connectivity index (χ2n) is 9.84. The fourth-order valence-electron chi connectivity index (χ4n) is 4.57. The Morgan fingerprint density at radius 2 is 0.962 bits per heavy atom. The Bertz CT molecular complexity index is 446. The lowest BCUT2D eigenvalue weighted by Gasteiger charge is -2.39. The maximum atomic E-state index is 12.3. The van der Waals surface area contributed by atoms with Gasteiger partial charge in [0.05, 0.1) is 0 Å². The van der Waals surface area contributed by atoms with Gasteiger partial charge in [0.25, 0.3) is 0 Å². The van der Waals surface area contributed by atoms with Gasteiger partial charge in [0, 0.05) is 0 Å². The molecule has 2 aliphatic carbocycles. The van der Waals surface area contributed by atoms with Gasteiger partial charge in [-0.1, -0.05) is 27.7 Å². The third-order valence-electron chi connectivity index (χ3n) is 6.91. The van der Waals surface area contributed by atoms with E-state index in [9.17, 15) is 9.59 Å². The van der Waals surface area contributed by atoms with E-state index in [1.165, 1.54) is 0 Å². The van der Waals surface area contributed by atoms with Gasteiger partial charge in [0.15, 0.2) is 0 Å². The highest BCUT2D eigenvalue weighted by Crippen LogP contribution is 2.39. The molecule has 0 aromatic rings. The van der Waals surface area contributed by atoms with E-state index in [-0.39, 0.29) is 0 Å². The average molecular weight is 367 g/mol. The lowest BCUT2D eigenvalue weighted by Crippen LogP contribution is -2.43. The number of carbonyl (C=O) groups excluding carboxylic acids is 2. The predicted molar refractivity (Wildman–Crippen MR) is 103 cm³/mol. The van der Waals surface area contributed by atoms with Gasteiger partial charge in [-0.2, -0.15) is 0 Å². The molecule has 0 amide bonds. The van der Waals surface area contributed by atoms with Crippen LogP contribution >= 0.6 is 0 Å². The van der Waals surface area contributed by atoms with Crippen LogP contribution in [-0.4, -0.2) is 23.1 Å². The van der Waals surface area contributed by atoms with E-state index in [1.54, 1.807) is 0 Å². The SMILES string of the molecule is CC(C)C1CCC(C)(OC(=O)C(=O)OC2(C)CCC(C(C)C)CC2)CC1. The highest BCUT2D eigenvalue weighted by Gasteiger charge is 2.40. The molecule has 2 fully saturated rings. The van der Waals surface area contributed by atoms with Gasteiger partial charge in [-0.05, 0) is 88.9 Å². The van der Waals surface area contributed by atoms with Crippen LogP contribution in [0.4, 0.5) is 0 Å². The summed E-state index contributed by atoms with van der Waals surface area (Å²) in [6.45, 7) is 12.9. The van der Waals surface area contributed by atoms with Crippen LogP contribution in [0.25, 0.3) is 0 Å². The first-order chi connectivity index (χ1) is 12.0. The number of ether oxygens (including phenoxy) is 2. The van der Waals surface area contributed by atoms with Gasteiger partial charge in [0.2, 0.25) is 0 Å². The summed E-state index contributed by atoms with van der Waals surface area (Å²) in [5, 5.41) is 0. The van der Waals surface area contributed by atoms with Crippen molar-refractivity contribution in [3.05, 3.63) is 0 Å². The van der Waals surface area contributed by atoms with Crippen LogP contribution < -0.4 is 0 Å². The molecule has 26 heavy (non-hydrogen) atoms. The fraction of sp³-hybridized carbons (Fsp3) is 0.909. The molecule has 0 radical (unpaired) electrons. The predicted octanol–water partition coefficient (Wildman–Crippen LogP) is 5.28. The van der Waals surface area contributed by atoms with Crippen LogP contribution in [-0.2, 0) is 19.1 Å². The van der Waals surface area contributed by atoms with Crippen LogP contribution in [0.5, 0.6) is 0 Å². The summed E-state index contributed by atoms with van der Waals surface area (Å²) in [5.41, 5.74) is -1.06. The second-order valence-corrected chi connectivity index (χ2v) is 9.84. The third kappa shape index (κ3) is 5.47. The third-order valence-corrected chi connectivity index (χ3v) is 6.91. The number of hydrogen-bond donors (Lipinski definition) is 0. The first-order valence-corrected chi connectivity index (χ1v) is 10.5. The van der Waals surface area contributed by atoms with E-state index < -0.39 is 23.1 Å². The zero-order chi connectivity index (χ0) is 19.5. The van der Waals surface area contributed by atoms with Crippen molar-refractivity contribution in [1.82, 2.24) is 0 Å².